The number of nitrogens with one attached hydrogen (secondary N) is 1. The second kappa shape index (κ2) is 8.30. The van der Waals surface area contributed by atoms with Crippen molar-refractivity contribution < 1.29 is 19.1 Å². The minimum atomic E-state index is -0.784. The highest BCUT2D eigenvalue weighted by atomic mass is 19.1. The zero-order valence-corrected chi connectivity index (χ0v) is 11.6. The molecule has 0 radical (unpaired) electrons. The van der Waals surface area contributed by atoms with Crippen LogP contribution in [0.25, 0.3) is 0 Å². The molecule has 1 rings (SSSR count). The van der Waals surface area contributed by atoms with Gasteiger partial charge in [0, 0.05) is 13.0 Å². The van der Waals surface area contributed by atoms with Crippen molar-refractivity contribution >= 4 is 11.9 Å². The molecule has 2 N–H and O–H groups in total. The maximum atomic E-state index is 13.5. The van der Waals surface area contributed by atoms with Gasteiger partial charge < -0.3 is 10.4 Å². The Kier molecular flexibility index (Phi) is 6.70. The van der Waals surface area contributed by atoms with E-state index in [9.17, 15) is 14.0 Å². The van der Waals surface area contributed by atoms with Crippen LogP contribution in [0, 0.1) is 12.7 Å². The molecule has 20 heavy (non-hydrogen) atoms. The molecule has 0 spiro atoms. The SMILES string of the molecule is Cc1ccc(F)c(C(=O)NCCCCCCC(=O)O)c1. The third-order valence-electron chi connectivity index (χ3n) is 2.97. The first-order valence-corrected chi connectivity index (χ1v) is 6.77. The number of carboxylic acids is 1. The lowest BCUT2D eigenvalue weighted by Gasteiger charge is -2.06. The van der Waals surface area contributed by atoms with E-state index in [4.69, 9.17) is 5.11 Å². The van der Waals surface area contributed by atoms with Crippen LogP contribution < -0.4 is 5.32 Å². The Morgan fingerprint density at radius 2 is 1.90 bits per heavy atom. The molecule has 0 heterocycles. The Labute approximate surface area is 118 Å². The van der Waals surface area contributed by atoms with Crippen LogP contribution >= 0.6 is 0 Å². The number of halogens is 1. The maximum Gasteiger partial charge on any atom is 0.303 e. The fraction of sp³-hybridized carbons (Fsp3) is 0.467. The summed E-state index contributed by atoms with van der Waals surface area (Å²) >= 11 is 0. The van der Waals surface area contributed by atoms with Crippen LogP contribution in [0.15, 0.2) is 18.2 Å². The number of benzene rings is 1. The van der Waals surface area contributed by atoms with Gasteiger partial charge in [-0.05, 0) is 31.9 Å². The van der Waals surface area contributed by atoms with Gasteiger partial charge in [0.1, 0.15) is 5.82 Å². The van der Waals surface area contributed by atoms with Gasteiger partial charge in [-0.2, -0.15) is 0 Å². The fourth-order valence-corrected chi connectivity index (χ4v) is 1.87. The van der Waals surface area contributed by atoms with E-state index in [0.717, 1.165) is 24.8 Å². The lowest BCUT2D eigenvalue weighted by atomic mass is 10.1. The molecule has 1 aromatic rings. The number of rotatable bonds is 8. The first kappa shape index (κ1) is 16.1. The lowest BCUT2D eigenvalue weighted by molar-refractivity contribution is -0.137. The van der Waals surface area contributed by atoms with E-state index in [0.29, 0.717) is 13.0 Å². The van der Waals surface area contributed by atoms with E-state index in [1.54, 1.807) is 13.0 Å². The summed E-state index contributed by atoms with van der Waals surface area (Å²) < 4.78 is 13.5. The molecule has 110 valence electrons. The minimum Gasteiger partial charge on any atom is -0.481 e. The summed E-state index contributed by atoms with van der Waals surface area (Å²) in [5, 5.41) is 11.1. The van der Waals surface area contributed by atoms with Crippen molar-refractivity contribution in [1.29, 1.82) is 0 Å². The molecule has 0 saturated heterocycles. The Balaban J connectivity index is 2.23. The summed E-state index contributed by atoms with van der Waals surface area (Å²) in [5.41, 5.74) is 0.904. The zero-order chi connectivity index (χ0) is 15.0. The van der Waals surface area contributed by atoms with Crippen LogP contribution in [-0.4, -0.2) is 23.5 Å². The molecule has 0 unspecified atom stereocenters. The van der Waals surface area contributed by atoms with Gasteiger partial charge in [0.05, 0.1) is 5.56 Å². The largest absolute Gasteiger partial charge is 0.481 e. The Hall–Kier alpha value is -1.91. The molecule has 0 bridgehead atoms. The average molecular weight is 281 g/mol. The molecule has 0 aliphatic carbocycles. The topological polar surface area (TPSA) is 66.4 Å². The number of hydrogen-bond donors (Lipinski definition) is 2. The second-order valence-electron chi connectivity index (χ2n) is 4.80. The molecule has 5 heteroatoms. The van der Waals surface area contributed by atoms with Crippen LogP contribution in [0.3, 0.4) is 0 Å². The quantitative estimate of drug-likeness (QED) is 0.720. The molecule has 0 atom stereocenters. The van der Waals surface area contributed by atoms with E-state index >= 15 is 0 Å². The van der Waals surface area contributed by atoms with Gasteiger partial charge in [-0.3, -0.25) is 9.59 Å². The van der Waals surface area contributed by atoms with Gasteiger partial charge in [-0.25, -0.2) is 4.39 Å². The summed E-state index contributed by atoms with van der Waals surface area (Å²) in [4.78, 5) is 22.1. The zero-order valence-electron chi connectivity index (χ0n) is 11.6. The van der Waals surface area contributed by atoms with Gasteiger partial charge in [-0.1, -0.05) is 24.5 Å². The number of carbonyl (C=O) groups is 2. The fourth-order valence-electron chi connectivity index (χ4n) is 1.87. The Bertz CT molecular complexity index is 474. The number of aryl methyl sites for hydroxylation is 1. The highest BCUT2D eigenvalue weighted by Crippen LogP contribution is 2.10. The summed E-state index contributed by atoms with van der Waals surface area (Å²) in [6, 6.07) is 4.43. The van der Waals surface area contributed by atoms with Gasteiger partial charge in [0.25, 0.3) is 5.91 Å². The summed E-state index contributed by atoms with van der Waals surface area (Å²) in [7, 11) is 0. The van der Waals surface area contributed by atoms with Gasteiger partial charge in [-0.15, -0.1) is 0 Å². The van der Waals surface area contributed by atoms with Gasteiger partial charge in [0.15, 0.2) is 0 Å². The maximum absolute atomic E-state index is 13.5. The number of amides is 1. The molecule has 1 amide bonds. The van der Waals surface area contributed by atoms with E-state index in [2.05, 4.69) is 5.32 Å². The van der Waals surface area contributed by atoms with Crippen molar-refractivity contribution in [1.82, 2.24) is 5.32 Å². The molecular formula is C15H20FNO3. The van der Waals surface area contributed by atoms with E-state index in [1.807, 2.05) is 0 Å². The molecular weight excluding hydrogens is 261 g/mol. The van der Waals surface area contributed by atoms with Crippen molar-refractivity contribution in [3.05, 3.63) is 35.1 Å². The molecule has 4 nitrogen and oxygen atoms in total. The Morgan fingerprint density at radius 1 is 1.20 bits per heavy atom. The number of hydrogen-bond acceptors (Lipinski definition) is 2. The smallest absolute Gasteiger partial charge is 0.303 e. The summed E-state index contributed by atoms with van der Waals surface area (Å²) in [6.07, 6.45) is 3.26. The first-order chi connectivity index (χ1) is 9.50. The molecule has 0 aromatic heterocycles. The van der Waals surface area contributed by atoms with Crippen molar-refractivity contribution in [3.8, 4) is 0 Å². The molecule has 0 saturated carbocycles. The predicted octanol–water partition coefficient (Wildman–Crippen LogP) is 2.90. The number of unbranched alkanes of at least 4 members (excludes halogenated alkanes) is 3. The summed E-state index contributed by atoms with van der Waals surface area (Å²) in [5.74, 6) is -1.71. The average Bonchev–Trinajstić information content (AvgIpc) is 2.39. The normalized spacial score (nSPS) is 10.3. The van der Waals surface area contributed by atoms with Crippen LogP contribution in [0.1, 0.15) is 48.0 Å². The van der Waals surface area contributed by atoms with Gasteiger partial charge in [0.2, 0.25) is 0 Å². The van der Waals surface area contributed by atoms with Crippen molar-refractivity contribution in [3.63, 3.8) is 0 Å². The van der Waals surface area contributed by atoms with Crippen molar-refractivity contribution in [2.45, 2.75) is 39.0 Å². The van der Waals surface area contributed by atoms with E-state index < -0.39 is 17.7 Å². The molecule has 0 aliphatic rings. The van der Waals surface area contributed by atoms with Crippen LogP contribution in [-0.2, 0) is 4.79 Å². The van der Waals surface area contributed by atoms with E-state index in [-0.39, 0.29) is 12.0 Å². The van der Waals surface area contributed by atoms with Crippen LogP contribution in [0.5, 0.6) is 0 Å². The first-order valence-electron chi connectivity index (χ1n) is 6.77. The van der Waals surface area contributed by atoms with Crippen LogP contribution in [0.4, 0.5) is 4.39 Å². The standard InChI is InChI=1S/C15H20FNO3/c1-11-7-8-13(16)12(10-11)15(20)17-9-5-3-2-4-6-14(18)19/h7-8,10H,2-6,9H2,1H3,(H,17,20)(H,18,19). The molecule has 0 fully saturated rings. The third kappa shape index (κ3) is 5.82. The number of carbonyl (C=O) groups excluding carboxylic acids is 1. The lowest BCUT2D eigenvalue weighted by Crippen LogP contribution is -2.25. The van der Waals surface area contributed by atoms with Crippen LogP contribution in [0.2, 0.25) is 0 Å². The van der Waals surface area contributed by atoms with E-state index in [1.165, 1.54) is 12.1 Å². The molecule has 1 aromatic carbocycles. The monoisotopic (exact) mass is 281 g/mol. The molecule has 0 aliphatic heterocycles. The third-order valence-corrected chi connectivity index (χ3v) is 2.97. The summed E-state index contributed by atoms with van der Waals surface area (Å²) in [6.45, 7) is 2.28. The van der Waals surface area contributed by atoms with Gasteiger partial charge >= 0.3 is 5.97 Å². The van der Waals surface area contributed by atoms with Crippen molar-refractivity contribution in [2.24, 2.45) is 0 Å². The highest BCUT2D eigenvalue weighted by Gasteiger charge is 2.10. The number of carboxylic acid groups (broad SMARTS) is 1. The second-order valence-corrected chi connectivity index (χ2v) is 4.80. The van der Waals surface area contributed by atoms with Crippen molar-refractivity contribution in [2.75, 3.05) is 6.54 Å². The number of aliphatic carboxylic acids is 1. The minimum absolute atomic E-state index is 0.0656. The predicted molar refractivity (Wildman–Crippen MR) is 74.2 cm³/mol. The highest BCUT2D eigenvalue weighted by molar-refractivity contribution is 5.94. The Morgan fingerprint density at radius 3 is 2.60 bits per heavy atom.